The van der Waals surface area contributed by atoms with Gasteiger partial charge in [0.2, 0.25) is 0 Å². The molecule has 2 N–H and O–H groups in total. The number of benzene rings is 1. The summed E-state index contributed by atoms with van der Waals surface area (Å²) in [5, 5.41) is 8.95. The Balaban J connectivity index is 1.67. The highest BCUT2D eigenvalue weighted by molar-refractivity contribution is 5.39. The van der Waals surface area contributed by atoms with Crippen LogP contribution in [0.2, 0.25) is 0 Å². The maximum Gasteiger partial charge on any atom is 0.0991 e. The molecule has 1 heterocycles. The van der Waals surface area contributed by atoms with Gasteiger partial charge >= 0.3 is 0 Å². The van der Waals surface area contributed by atoms with Gasteiger partial charge in [-0.15, -0.1) is 0 Å². The van der Waals surface area contributed by atoms with E-state index in [2.05, 4.69) is 23.1 Å². The molecule has 3 rings (SSSR count). The van der Waals surface area contributed by atoms with Gasteiger partial charge in [-0.3, -0.25) is 4.90 Å². The van der Waals surface area contributed by atoms with Gasteiger partial charge in [0.05, 0.1) is 11.6 Å². The maximum atomic E-state index is 8.95. The topological polar surface area (TPSA) is 53.0 Å². The molecule has 1 saturated carbocycles. The van der Waals surface area contributed by atoms with Crippen LogP contribution in [0.25, 0.3) is 0 Å². The fourth-order valence-corrected chi connectivity index (χ4v) is 3.00. The predicted molar refractivity (Wildman–Crippen MR) is 70.8 cm³/mol. The normalized spacial score (nSPS) is 26.4. The summed E-state index contributed by atoms with van der Waals surface area (Å²) in [5.74, 6) is 1.58. The molecule has 0 amide bonds. The van der Waals surface area contributed by atoms with E-state index in [0.29, 0.717) is 0 Å². The average Bonchev–Trinajstić information content (AvgIpc) is 3.16. The lowest BCUT2D eigenvalue weighted by atomic mass is 9.97. The van der Waals surface area contributed by atoms with E-state index < -0.39 is 0 Å². The Kier molecular flexibility index (Phi) is 3.07. The van der Waals surface area contributed by atoms with Crippen LogP contribution in [-0.2, 0) is 13.0 Å². The molecule has 2 aliphatic rings. The van der Waals surface area contributed by atoms with Crippen molar-refractivity contribution in [1.82, 2.24) is 4.90 Å². The van der Waals surface area contributed by atoms with Gasteiger partial charge in [0.25, 0.3) is 0 Å². The summed E-state index contributed by atoms with van der Waals surface area (Å²) in [7, 11) is 0. The average molecular weight is 241 g/mol. The van der Waals surface area contributed by atoms with Gasteiger partial charge in [-0.05, 0) is 54.5 Å². The Morgan fingerprint density at radius 3 is 2.94 bits per heavy atom. The van der Waals surface area contributed by atoms with Crippen molar-refractivity contribution >= 4 is 0 Å². The first-order chi connectivity index (χ1) is 8.80. The summed E-state index contributed by atoms with van der Waals surface area (Å²) < 4.78 is 0. The van der Waals surface area contributed by atoms with Gasteiger partial charge in [0, 0.05) is 19.6 Å². The Bertz CT molecular complexity index is 489. The zero-order valence-corrected chi connectivity index (χ0v) is 10.6. The quantitative estimate of drug-likeness (QED) is 0.872. The Hall–Kier alpha value is -1.37. The number of nitriles is 1. The second kappa shape index (κ2) is 4.72. The van der Waals surface area contributed by atoms with Crippen molar-refractivity contribution < 1.29 is 0 Å². The summed E-state index contributed by atoms with van der Waals surface area (Å²) in [4.78, 5) is 2.52. The molecule has 0 radical (unpaired) electrons. The monoisotopic (exact) mass is 241 g/mol. The van der Waals surface area contributed by atoms with Crippen molar-refractivity contribution in [2.75, 3.05) is 19.6 Å². The molecule has 1 aromatic carbocycles. The molecular formula is C15H19N3. The Morgan fingerprint density at radius 2 is 2.22 bits per heavy atom. The van der Waals surface area contributed by atoms with Crippen molar-refractivity contribution in [3.05, 3.63) is 34.9 Å². The first-order valence-corrected chi connectivity index (χ1v) is 6.74. The fraction of sp³-hybridized carbons (Fsp3) is 0.533. The number of fused-ring (bicyclic) bond motifs is 1. The van der Waals surface area contributed by atoms with E-state index in [1.54, 1.807) is 0 Å². The summed E-state index contributed by atoms with van der Waals surface area (Å²) in [6.45, 7) is 4.16. The van der Waals surface area contributed by atoms with E-state index >= 15 is 0 Å². The maximum absolute atomic E-state index is 8.95. The van der Waals surface area contributed by atoms with Crippen LogP contribution in [-0.4, -0.2) is 24.5 Å². The van der Waals surface area contributed by atoms with E-state index in [-0.39, 0.29) is 0 Å². The molecule has 3 heteroatoms. The highest BCUT2D eigenvalue weighted by atomic mass is 15.1. The highest BCUT2D eigenvalue weighted by Gasteiger charge is 2.37. The lowest BCUT2D eigenvalue weighted by molar-refractivity contribution is 0.239. The van der Waals surface area contributed by atoms with Gasteiger partial charge < -0.3 is 5.73 Å². The molecule has 1 fully saturated rings. The van der Waals surface area contributed by atoms with E-state index in [1.807, 2.05) is 6.07 Å². The van der Waals surface area contributed by atoms with Gasteiger partial charge in [-0.1, -0.05) is 6.07 Å². The third-order valence-electron chi connectivity index (χ3n) is 4.29. The van der Waals surface area contributed by atoms with Crippen LogP contribution in [0.5, 0.6) is 0 Å². The van der Waals surface area contributed by atoms with E-state index in [9.17, 15) is 0 Å². The minimum atomic E-state index is 0.761. The number of nitrogens with zero attached hydrogens (tertiary/aromatic N) is 2. The highest BCUT2D eigenvalue weighted by Crippen LogP contribution is 2.38. The lowest BCUT2D eigenvalue weighted by Crippen LogP contribution is -2.32. The SMILES string of the molecule is N#Cc1ccc2c(c1)CN(C[C@H]1C[C@@H]1CN)CC2. The summed E-state index contributed by atoms with van der Waals surface area (Å²) in [5.41, 5.74) is 9.22. The molecule has 94 valence electrons. The van der Waals surface area contributed by atoms with Crippen molar-refractivity contribution in [2.45, 2.75) is 19.4 Å². The number of hydrogen-bond donors (Lipinski definition) is 1. The minimum Gasteiger partial charge on any atom is -0.330 e. The van der Waals surface area contributed by atoms with Gasteiger partial charge in [0.1, 0.15) is 0 Å². The van der Waals surface area contributed by atoms with Crippen molar-refractivity contribution in [3.63, 3.8) is 0 Å². The molecule has 3 nitrogen and oxygen atoms in total. The lowest BCUT2D eigenvalue weighted by Gasteiger charge is -2.29. The number of hydrogen-bond acceptors (Lipinski definition) is 3. The van der Waals surface area contributed by atoms with E-state index in [4.69, 9.17) is 11.0 Å². The summed E-state index contributed by atoms with van der Waals surface area (Å²) in [6, 6.07) is 8.32. The molecule has 1 aliphatic carbocycles. The van der Waals surface area contributed by atoms with Gasteiger partial charge in [0.15, 0.2) is 0 Å². The number of nitrogens with two attached hydrogens (primary N) is 1. The van der Waals surface area contributed by atoms with E-state index in [1.165, 1.54) is 24.1 Å². The zero-order chi connectivity index (χ0) is 12.5. The molecule has 0 saturated heterocycles. The van der Waals surface area contributed by atoms with Crippen molar-refractivity contribution in [3.8, 4) is 6.07 Å². The molecule has 18 heavy (non-hydrogen) atoms. The summed E-state index contributed by atoms with van der Waals surface area (Å²) in [6.07, 6.45) is 2.42. The molecule has 1 aromatic rings. The van der Waals surface area contributed by atoms with E-state index in [0.717, 1.165) is 43.5 Å². The molecule has 1 aliphatic heterocycles. The molecular weight excluding hydrogens is 222 g/mol. The van der Waals surface area contributed by atoms with Gasteiger partial charge in [-0.25, -0.2) is 0 Å². The van der Waals surface area contributed by atoms with Crippen LogP contribution >= 0.6 is 0 Å². The minimum absolute atomic E-state index is 0.761. The Morgan fingerprint density at radius 1 is 1.33 bits per heavy atom. The molecule has 0 bridgehead atoms. The second-order valence-corrected chi connectivity index (χ2v) is 5.57. The van der Waals surface area contributed by atoms with Gasteiger partial charge in [-0.2, -0.15) is 5.26 Å². The molecule has 0 aromatic heterocycles. The third-order valence-corrected chi connectivity index (χ3v) is 4.29. The van der Waals surface area contributed by atoms with Crippen LogP contribution in [0.3, 0.4) is 0 Å². The van der Waals surface area contributed by atoms with Crippen molar-refractivity contribution in [2.24, 2.45) is 17.6 Å². The molecule has 2 atom stereocenters. The van der Waals surface area contributed by atoms with Crippen LogP contribution < -0.4 is 5.73 Å². The molecule has 0 spiro atoms. The predicted octanol–water partition coefficient (Wildman–Crippen LogP) is 1.51. The van der Waals surface area contributed by atoms with Crippen LogP contribution in [0.4, 0.5) is 0 Å². The molecule has 0 unspecified atom stereocenters. The second-order valence-electron chi connectivity index (χ2n) is 5.57. The fourth-order valence-electron chi connectivity index (χ4n) is 3.00. The largest absolute Gasteiger partial charge is 0.330 e. The van der Waals surface area contributed by atoms with Crippen LogP contribution in [0.15, 0.2) is 18.2 Å². The van der Waals surface area contributed by atoms with Crippen molar-refractivity contribution in [1.29, 1.82) is 5.26 Å². The zero-order valence-electron chi connectivity index (χ0n) is 10.6. The van der Waals surface area contributed by atoms with Crippen LogP contribution in [0.1, 0.15) is 23.1 Å². The third kappa shape index (κ3) is 2.27. The first kappa shape index (κ1) is 11.7. The smallest absolute Gasteiger partial charge is 0.0991 e. The summed E-state index contributed by atoms with van der Waals surface area (Å²) >= 11 is 0. The van der Waals surface area contributed by atoms with Crippen LogP contribution in [0, 0.1) is 23.2 Å². The Labute approximate surface area is 108 Å². The first-order valence-electron chi connectivity index (χ1n) is 6.74. The number of rotatable bonds is 3. The standard InChI is InChI=1S/C15H19N3/c16-7-11-1-2-12-3-4-18(9-14(12)5-11)10-15-6-13(15)8-17/h1-2,5,13,15H,3-4,6,8-10,17H2/t13-,15-/m1/s1.